The van der Waals surface area contributed by atoms with Crippen LogP contribution in [0.15, 0.2) is 18.2 Å². The minimum Gasteiger partial charge on any atom is -0.477 e. The van der Waals surface area contributed by atoms with E-state index in [4.69, 9.17) is 22.1 Å². The number of nitrogens with two attached hydrogens (primary N) is 1. The van der Waals surface area contributed by atoms with Crippen molar-refractivity contribution in [2.75, 3.05) is 11.8 Å². The number of ether oxygens (including phenoxy) is 1. The second-order valence-corrected chi connectivity index (χ2v) is 2.78. The quantitative estimate of drug-likeness (QED) is 0.461. The summed E-state index contributed by atoms with van der Waals surface area (Å²) in [5.41, 5.74) is 6.51. The molecule has 4 heteroatoms. The fraction of sp³-hybridized carbons (Fsp3) is 0.222. The molecular weight excluding hydrogens is 190 g/mol. The predicted octanol–water partition coefficient (Wildman–Crippen LogP) is 2.05. The molecule has 0 aromatic heterocycles. The molecule has 0 radical (unpaired) electrons. The summed E-state index contributed by atoms with van der Waals surface area (Å²) in [6.45, 7) is 1.45. The number of hydrogen-bond donors (Lipinski definition) is 1. The first kappa shape index (κ1) is 9.86. The number of alkyl halides is 1. The first-order valence-electron chi connectivity index (χ1n) is 3.74. The first-order valence-corrected chi connectivity index (χ1v) is 4.28. The lowest BCUT2D eigenvalue weighted by Gasteiger charge is -2.07. The number of nitrogen functional groups attached to an aromatic ring is 1. The van der Waals surface area contributed by atoms with Crippen LogP contribution >= 0.6 is 11.6 Å². The van der Waals surface area contributed by atoms with Gasteiger partial charge in [0.1, 0.15) is 5.75 Å². The molecule has 0 amide bonds. The average Bonchev–Trinajstić information content (AvgIpc) is 2.08. The highest BCUT2D eigenvalue weighted by atomic mass is 35.5. The van der Waals surface area contributed by atoms with Crippen LogP contribution in [0.1, 0.15) is 17.3 Å². The van der Waals surface area contributed by atoms with Crippen molar-refractivity contribution >= 4 is 23.1 Å². The van der Waals surface area contributed by atoms with Gasteiger partial charge in [-0.2, -0.15) is 0 Å². The van der Waals surface area contributed by atoms with Gasteiger partial charge in [-0.1, -0.05) is 11.6 Å². The van der Waals surface area contributed by atoms with E-state index in [1.807, 2.05) is 0 Å². The molecule has 0 spiro atoms. The number of benzene rings is 1. The minimum atomic E-state index is -0.0904. The Morgan fingerprint density at radius 2 is 2.31 bits per heavy atom. The fourth-order valence-electron chi connectivity index (χ4n) is 1.01. The van der Waals surface area contributed by atoms with Crippen LogP contribution in [0.25, 0.3) is 0 Å². The van der Waals surface area contributed by atoms with Crippen LogP contribution < -0.4 is 10.5 Å². The Morgan fingerprint density at radius 3 is 2.85 bits per heavy atom. The molecule has 1 aromatic carbocycles. The number of ketones is 1. The maximum Gasteiger partial charge on any atom is 0.163 e. The number of anilines is 1. The number of rotatable bonds is 3. The summed E-state index contributed by atoms with van der Waals surface area (Å²) in [7, 11) is 0. The molecule has 0 fully saturated rings. The first-order chi connectivity index (χ1) is 6.15. The summed E-state index contributed by atoms with van der Waals surface area (Å²) < 4.78 is 5.04. The van der Waals surface area contributed by atoms with Crippen molar-refractivity contribution in [1.29, 1.82) is 0 Å². The topological polar surface area (TPSA) is 52.3 Å². The van der Waals surface area contributed by atoms with E-state index in [2.05, 4.69) is 0 Å². The Morgan fingerprint density at radius 1 is 1.62 bits per heavy atom. The molecule has 1 aromatic rings. The van der Waals surface area contributed by atoms with Gasteiger partial charge in [0.2, 0.25) is 0 Å². The molecule has 3 nitrogen and oxygen atoms in total. The molecule has 0 unspecified atom stereocenters. The van der Waals surface area contributed by atoms with Crippen molar-refractivity contribution in [3.63, 3.8) is 0 Å². The maximum atomic E-state index is 11.1. The highest BCUT2D eigenvalue weighted by molar-refractivity contribution is 6.17. The lowest BCUT2D eigenvalue weighted by atomic mass is 10.1. The molecule has 0 aliphatic heterocycles. The molecule has 1 rings (SSSR count). The van der Waals surface area contributed by atoms with E-state index >= 15 is 0 Å². The van der Waals surface area contributed by atoms with Crippen molar-refractivity contribution in [2.45, 2.75) is 6.92 Å². The van der Waals surface area contributed by atoms with E-state index in [1.54, 1.807) is 18.2 Å². The Hall–Kier alpha value is -1.22. The molecular formula is C9H10ClNO2. The third-order valence-electron chi connectivity index (χ3n) is 1.59. The highest BCUT2D eigenvalue weighted by Gasteiger charge is 2.07. The van der Waals surface area contributed by atoms with Gasteiger partial charge in [0.05, 0.1) is 5.56 Å². The Labute approximate surface area is 81.4 Å². The van der Waals surface area contributed by atoms with Gasteiger partial charge in [0.15, 0.2) is 11.8 Å². The number of Topliss-reactive ketones (excluding diaryl/α,β-unsaturated/α-hetero) is 1. The van der Waals surface area contributed by atoms with Crippen LogP contribution in [0, 0.1) is 0 Å². The van der Waals surface area contributed by atoms with Gasteiger partial charge < -0.3 is 10.5 Å². The van der Waals surface area contributed by atoms with Gasteiger partial charge in [0.25, 0.3) is 0 Å². The van der Waals surface area contributed by atoms with Crippen LogP contribution in [0.3, 0.4) is 0 Å². The minimum absolute atomic E-state index is 0.0181. The number of halogens is 1. The van der Waals surface area contributed by atoms with Crippen LogP contribution in [-0.2, 0) is 0 Å². The Bertz CT molecular complexity index is 325. The molecule has 0 aliphatic rings. The van der Waals surface area contributed by atoms with Crippen LogP contribution in [0.2, 0.25) is 0 Å². The summed E-state index contributed by atoms with van der Waals surface area (Å²) in [4.78, 5) is 11.1. The van der Waals surface area contributed by atoms with Gasteiger partial charge in [0, 0.05) is 5.69 Å². The molecule has 70 valence electrons. The predicted molar refractivity (Wildman–Crippen MR) is 52.2 cm³/mol. The van der Waals surface area contributed by atoms with Crippen LogP contribution in [0.4, 0.5) is 5.69 Å². The lowest BCUT2D eigenvalue weighted by molar-refractivity contribution is 0.101. The summed E-state index contributed by atoms with van der Waals surface area (Å²) in [5, 5.41) is 0. The summed E-state index contributed by atoms with van der Waals surface area (Å²) in [5.74, 6) is 0.379. The monoisotopic (exact) mass is 199 g/mol. The van der Waals surface area contributed by atoms with Crippen molar-refractivity contribution in [1.82, 2.24) is 0 Å². The van der Waals surface area contributed by atoms with Crippen molar-refractivity contribution in [2.24, 2.45) is 0 Å². The largest absolute Gasteiger partial charge is 0.477 e. The second kappa shape index (κ2) is 4.14. The average molecular weight is 200 g/mol. The van der Waals surface area contributed by atoms with Crippen LogP contribution in [0.5, 0.6) is 5.75 Å². The number of hydrogen-bond acceptors (Lipinski definition) is 3. The standard InChI is InChI=1S/C9H10ClNO2/c1-6(12)8-4-7(11)2-3-9(8)13-5-10/h2-4H,5,11H2,1H3. The lowest BCUT2D eigenvalue weighted by Crippen LogP contribution is -2.00. The SMILES string of the molecule is CC(=O)c1cc(N)ccc1OCCl. The summed E-state index contributed by atoms with van der Waals surface area (Å²) in [6.07, 6.45) is 0. The fourth-order valence-corrected chi connectivity index (χ4v) is 1.12. The Balaban J connectivity index is 3.10. The summed E-state index contributed by atoms with van der Waals surface area (Å²) in [6, 6.07) is 4.89. The summed E-state index contributed by atoms with van der Waals surface area (Å²) >= 11 is 5.39. The molecule has 0 saturated heterocycles. The maximum absolute atomic E-state index is 11.1. The second-order valence-electron chi connectivity index (χ2n) is 2.57. The molecule has 13 heavy (non-hydrogen) atoms. The third kappa shape index (κ3) is 2.36. The van der Waals surface area contributed by atoms with E-state index in [1.165, 1.54) is 6.92 Å². The van der Waals surface area contributed by atoms with E-state index < -0.39 is 0 Å². The smallest absolute Gasteiger partial charge is 0.163 e. The van der Waals surface area contributed by atoms with E-state index in [9.17, 15) is 4.79 Å². The molecule has 0 saturated carbocycles. The zero-order valence-corrected chi connectivity index (χ0v) is 7.97. The van der Waals surface area contributed by atoms with Gasteiger partial charge in [-0.25, -0.2) is 0 Å². The molecule has 0 bridgehead atoms. The number of carbonyl (C=O) groups is 1. The third-order valence-corrected chi connectivity index (χ3v) is 1.70. The van der Waals surface area contributed by atoms with Crippen molar-refractivity contribution < 1.29 is 9.53 Å². The zero-order valence-electron chi connectivity index (χ0n) is 7.21. The van der Waals surface area contributed by atoms with Crippen molar-refractivity contribution in [3.05, 3.63) is 23.8 Å². The van der Waals surface area contributed by atoms with Crippen LogP contribution in [-0.4, -0.2) is 11.8 Å². The normalized spacial score (nSPS) is 9.69. The van der Waals surface area contributed by atoms with Gasteiger partial charge >= 0.3 is 0 Å². The zero-order chi connectivity index (χ0) is 9.84. The molecule has 0 atom stereocenters. The van der Waals surface area contributed by atoms with E-state index in [-0.39, 0.29) is 11.8 Å². The Kier molecular flexibility index (Phi) is 3.14. The van der Waals surface area contributed by atoms with Crippen molar-refractivity contribution in [3.8, 4) is 5.75 Å². The van der Waals surface area contributed by atoms with Gasteiger partial charge in [-0.05, 0) is 25.1 Å². The molecule has 0 heterocycles. The number of carbonyl (C=O) groups excluding carboxylic acids is 1. The molecule has 2 N–H and O–H groups in total. The van der Waals surface area contributed by atoms with E-state index in [0.717, 1.165) is 0 Å². The van der Waals surface area contributed by atoms with Gasteiger partial charge in [-0.3, -0.25) is 4.79 Å². The van der Waals surface area contributed by atoms with E-state index in [0.29, 0.717) is 17.0 Å². The molecule has 0 aliphatic carbocycles. The highest BCUT2D eigenvalue weighted by Crippen LogP contribution is 2.21. The van der Waals surface area contributed by atoms with Gasteiger partial charge in [-0.15, -0.1) is 0 Å².